The minimum absolute atomic E-state index is 0.0747. The van der Waals surface area contributed by atoms with Crippen molar-refractivity contribution in [3.63, 3.8) is 0 Å². The monoisotopic (exact) mass is 198 g/mol. The van der Waals surface area contributed by atoms with Crippen LogP contribution in [-0.2, 0) is 4.74 Å². The maximum Gasteiger partial charge on any atom is 0.0726 e. The summed E-state index contributed by atoms with van der Waals surface area (Å²) in [4.78, 5) is 0. The number of nitrogens with one attached hydrogen (secondary N) is 1. The topological polar surface area (TPSA) is 47.3 Å². The van der Waals surface area contributed by atoms with E-state index in [2.05, 4.69) is 19.2 Å². The molecule has 3 N–H and O–H groups in total. The Kier molecular flexibility index (Phi) is 2.58. The highest BCUT2D eigenvalue weighted by Crippen LogP contribution is 2.31. The van der Waals surface area contributed by atoms with Crippen molar-refractivity contribution in [2.24, 2.45) is 5.73 Å². The van der Waals surface area contributed by atoms with Gasteiger partial charge in [-0.25, -0.2) is 0 Å². The van der Waals surface area contributed by atoms with E-state index in [4.69, 9.17) is 10.5 Å². The molecule has 2 atom stereocenters. The molecule has 0 aromatic rings. The molecule has 1 saturated carbocycles. The summed E-state index contributed by atoms with van der Waals surface area (Å²) in [5.41, 5.74) is 6.40. The highest BCUT2D eigenvalue weighted by molar-refractivity contribution is 5.00. The average Bonchev–Trinajstić information content (AvgIpc) is 2.42. The molecule has 0 bridgehead atoms. The molecule has 1 aliphatic carbocycles. The fraction of sp³-hybridized carbons (Fsp3) is 1.00. The van der Waals surface area contributed by atoms with Crippen molar-refractivity contribution in [3.8, 4) is 0 Å². The summed E-state index contributed by atoms with van der Waals surface area (Å²) < 4.78 is 5.58. The lowest BCUT2D eigenvalue weighted by atomic mass is 9.77. The molecular formula is C11H22N2O. The van der Waals surface area contributed by atoms with Gasteiger partial charge >= 0.3 is 0 Å². The highest BCUT2D eigenvalue weighted by atomic mass is 16.5. The second kappa shape index (κ2) is 3.47. The van der Waals surface area contributed by atoms with Crippen LogP contribution in [0.1, 0.15) is 39.5 Å². The second-order valence-corrected chi connectivity index (χ2v) is 5.25. The predicted molar refractivity (Wildman–Crippen MR) is 57.2 cm³/mol. The largest absolute Gasteiger partial charge is 0.377 e. The molecule has 1 saturated heterocycles. The van der Waals surface area contributed by atoms with Crippen LogP contribution in [0, 0.1) is 0 Å². The average molecular weight is 198 g/mol. The van der Waals surface area contributed by atoms with Gasteiger partial charge in [0.25, 0.3) is 0 Å². The summed E-state index contributed by atoms with van der Waals surface area (Å²) >= 11 is 0. The number of nitrogens with two attached hydrogens (primary N) is 1. The number of ether oxygens (including phenoxy) is 1. The standard InChI is InChI=1S/C11H22N2O/c1-9-10(2,6-7-14-9)13-8-11(12)4-3-5-11/h9,13H,3-8,12H2,1-2H3. The Morgan fingerprint density at radius 3 is 2.57 bits per heavy atom. The summed E-state index contributed by atoms with van der Waals surface area (Å²) in [5, 5.41) is 3.60. The quantitative estimate of drug-likeness (QED) is 0.712. The molecular weight excluding hydrogens is 176 g/mol. The van der Waals surface area contributed by atoms with E-state index in [0.717, 1.165) is 19.6 Å². The summed E-state index contributed by atoms with van der Waals surface area (Å²) in [6.45, 7) is 6.20. The smallest absolute Gasteiger partial charge is 0.0726 e. The first-order valence-electron chi connectivity index (χ1n) is 5.70. The lowest BCUT2D eigenvalue weighted by Gasteiger charge is -2.41. The van der Waals surface area contributed by atoms with Crippen LogP contribution in [0.2, 0.25) is 0 Å². The lowest BCUT2D eigenvalue weighted by molar-refractivity contribution is 0.0829. The Hall–Kier alpha value is -0.120. The van der Waals surface area contributed by atoms with E-state index < -0.39 is 0 Å². The van der Waals surface area contributed by atoms with Gasteiger partial charge < -0.3 is 15.8 Å². The highest BCUT2D eigenvalue weighted by Gasteiger charge is 2.40. The minimum Gasteiger partial charge on any atom is -0.377 e. The molecule has 0 aromatic heterocycles. The molecule has 0 spiro atoms. The van der Waals surface area contributed by atoms with Gasteiger partial charge in [-0.1, -0.05) is 0 Å². The first-order chi connectivity index (χ1) is 6.54. The normalized spacial score (nSPS) is 40.9. The Balaban J connectivity index is 1.84. The maximum atomic E-state index is 6.18. The molecule has 82 valence electrons. The Labute approximate surface area is 86.4 Å². The molecule has 0 radical (unpaired) electrons. The van der Waals surface area contributed by atoms with Gasteiger partial charge in [-0.05, 0) is 39.5 Å². The van der Waals surface area contributed by atoms with E-state index in [-0.39, 0.29) is 11.1 Å². The Morgan fingerprint density at radius 2 is 2.14 bits per heavy atom. The van der Waals surface area contributed by atoms with Gasteiger partial charge in [0.15, 0.2) is 0 Å². The molecule has 14 heavy (non-hydrogen) atoms. The fourth-order valence-electron chi connectivity index (χ4n) is 2.25. The zero-order valence-electron chi connectivity index (χ0n) is 9.31. The van der Waals surface area contributed by atoms with Crippen LogP contribution >= 0.6 is 0 Å². The van der Waals surface area contributed by atoms with Crippen LogP contribution in [0.25, 0.3) is 0 Å². The van der Waals surface area contributed by atoms with Gasteiger partial charge in [-0.3, -0.25) is 0 Å². The number of hydrogen-bond acceptors (Lipinski definition) is 3. The third-order valence-corrected chi connectivity index (χ3v) is 4.08. The van der Waals surface area contributed by atoms with Gasteiger partial charge in [0.1, 0.15) is 0 Å². The van der Waals surface area contributed by atoms with Crippen LogP contribution in [0.15, 0.2) is 0 Å². The maximum absolute atomic E-state index is 6.18. The van der Waals surface area contributed by atoms with Crippen molar-refractivity contribution in [1.29, 1.82) is 0 Å². The first-order valence-corrected chi connectivity index (χ1v) is 5.70. The molecule has 1 aliphatic heterocycles. The summed E-state index contributed by atoms with van der Waals surface area (Å²) in [5.74, 6) is 0. The van der Waals surface area contributed by atoms with Crippen LogP contribution in [0.5, 0.6) is 0 Å². The zero-order valence-corrected chi connectivity index (χ0v) is 9.31. The van der Waals surface area contributed by atoms with Crippen molar-refractivity contribution in [2.45, 2.75) is 56.7 Å². The van der Waals surface area contributed by atoms with Crippen LogP contribution < -0.4 is 11.1 Å². The molecule has 2 rings (SSSR count). The molecule has 2 aliphatic rings. The van der Waals surface area contributed by atoms with Crippen molar-refractivity contribution in [1.82, 2.24) is 5.32 Å². The van der Waals surface area contributed by atoms with Gasteiger partial charge in [0.2, 0.25) is 0 Å². The Bertz CT molecular complexity index is 215. The van der Waals surface area contributed by atoms with Gasteiger partial charge in [-0.15, -0.1) is 0 Å². The van der Waals surface area contributed by atoms with Crippen molar-refractivity contribution in [3.05, 3.63) is 0 Å². The molecule has 3 heteroatoms. The van der Waals surface area contributed by atoms with E-state index in [0.29, 0.717) is 6.10 Å². The number of hydrogen-bond donors (Lipinski definition) is 2. The first kappa shape index (κ1) is 10.4. The summed E-state index contributed by atoms with van der Waals surface area (Å²) in [7, 11) is 0. The molecule has 1 heterocycles. The van der Waals surface area contributed by atoms with Crippen LogP contribution in [-0.4, -0.2) is 30.3 Å². The van der Waals surface area contributed by atoms with E-state index in [9.17, 15) is 0 Å². The van der Waals surface area contributed by atoms with E-state index in [1.165, 1.54) is 19.3 Å². The van der Waals surface area contributed by atoms with E-state index in [1.807, 2.05) is 0 Å². The van der Waals surface area contributed by atoms with Gasteiger partial charge in [0.05, 0.1) is 6.10 Å². The zero-order chi connectivity index (χ0) is 10.2. The lowest BCUT2D eigenvalue weighted by Crippen LogP contribution is -2.60. The van der Waals surface area contributed by atoms with Gasteiger partial charge in [-0.2, -0.15) is 0 Å². The van der Waals surface area contributed by atoms with Crippen LogP contribution in [0.3, 0.4) is 0 Å². The number of rotatable bonds is 3. The molecule has 3 nitrogen and oxygen atoms in total. The third kappa shape index (κ3) is 1.81. The predicted octanol–water partition coefficient (Wildman–Crippen LogP) is 1.02. The van der Waals surface area contributed by atoms with Crippen molar-refractivity contribution < 1.29 is 4.74 Å². The van der Waals surface area contributed by atoms with Crippen molar-refractivity contribution >= 4 is 0 Å². The minimum atomic E-state index is 0.0747. The molecule has 2 fully saturated rings. The summed E-state index contributed by atoms with van der Waals surface area (Å²) in [6.07, 6.45) is 5.05. The summed E-state index contributed by atoms with van der Waals surface area (Å²) in [6, 6.07) is 0. The van der Waals surface area contributed by atoms with E-state index in [1.54, 1.807) is 0 Å². The third-order valence-electron chi connectivity index (χ3n) is 4.08. The second-order valence-electron chi connectivity index (χ2n) is 5.25. The molecule has 2 unspecified atom stereocenters. The van der Waals surface area contributed by atoms with E-state index >= 15 is 0 Å². The SMILES string of the molecule is CC1OCCC1(C)NCC1(N)CCC1. The van der Waals surface area contributed by atoms with Crippen molar-refractivity contribution in [2.75, 3.05) is 13.2 Å². The molecule has 0 aromatic carbocycles. The Morgan fingerprint density at radius 1 is 1.43 bits per heavy atom. The van der Waals surface area contributed by atoms with Gasteiger partial charge in [0, 0.05) is 24.2 Å². The van der Waals surface area contributed by atoms with Crippen LogP contribution in [0.4, 0.5) is 0 Å². The molecule has 0 amide bonds. The fourth-order valence-corrected chi connectivity index (χ4v) is 2.25.